The summed E-state index contributed by atoms with van der Waals surface area (Å²) in [6.07, 6.45) is 3.58. The van der Waals surface area contributed by atoms with Crippen molar-refractivity contribution in [3.05, 3.63) is 36.3 Å². The van der Waals surface area contributed by atoms with Gasteiger partial charge in [-0.2, -0.15) is 0 Å². The van der Waals surface area contributed by atoms with Crippen LogP contribution in [0.15, 0.2) is 35.5 Å². The Bertz CT molecular complexity index is 523. The Labute approximate surface area is 107 Å². The van der Waals surface area contributed by atoms with Crippen LogP contribution in [-0.4, -0.2) is 22.3 Å². The lowest BCUT2D eigenvalue weighted by atomic mass is 10.1. The first-order valence-electron chi connectivity index (χ1n) is 6.05. The second-order valence-corrected chi connectivity index (χ2v) is 4.48. The molecule has 2 N–H and O–H groups in total. The minimum Gasteiger partial charge on any atom is -0.347 e. The average Bonchev–Trinajstić information content (AvgIpc) is 2.76. The molecule has 0 unspecified atom stereocenters. The fourth-order valence-corrected chi connectivity index (χ4v) is 1.57. The third-order valence-corrected chi connectivity index (χ3v) is 2.50. The van der Waals surface area contributed by atoms with Crippen LogP contribution in [0.3, 0.4) is 0 Å². The summed E-state index contributed by atoms with van der Waals surface area (Å²) in [5.41, 5.74) is 3.19. The van der Waals surface area contributed by atoms with Gasteiger partial charge in [0.2, 0.25) is 0 Å². The molecule has 2 aromatic rings. The van der Waals surface area contributed by atoms with Gasteiger partial charge in [0.15, 0.2) is 0 Å². The number of imidazole rings is 1. The van der Waals surface area contributed by atoms with E-state index in [0.717, 1.165) is 22.8 Å². The third-order valence-electron chi connectivity index (χ3n) is 2.50. The monoisotopic (exact) mass is 242 g/mol. The molecule has 0 fully saturated rings. The van der Waals surface area contributed by atoms with E-state index in [0.29, 0.717) is 6.04 Å². The highest BCUT2D eigenvalue weighted by Gasteiger charge is 2.00. The standard InChI is InChI=1S/C14H18N4/c1-10(2)16-9-17-13-6-4-12(5-7-13)14-8-15-11(3)18-14/h4-10H,1-3H3,(H,15,18)(H,16,17). The lowest BCUT2D eigenvalue weighted by molar-refractivity contribution is 0.840. The number of rotatable bonds is 4. The van der Waals surface area contributed by atoms with Crippen LogP contribution in [0.4, 0.5) is 5.69 Å². The van der Waals surface area contributed by atoms with Gasteiger partial charge in [-0.1, -0.05) is 12.1 Å². The molecule has 94 valence electrons. The molecular formula is C14H18N4. The molecule has 18 heavy (non-hydrogen) atoms. The Balaban J connectivity index is 2.06. The molecule has 0 saturated carbocycles. The van der Waals surface area contributed by atoms with Crippen molar-refractivity contribution in [1.29, 1.82) is 0 Å². The minimum atomic E-state index is 0.310. The van der Waals surface area contributed by atoms with Crippen molar-refractivity contribution >= 4 is 12.0 Å². The summed E-state index contributed by atoms with van der Waals surface area (Å²) in [7, 11) is 0. The molecule has 0 aliphatic heterocycles. The quantitative estimate of drug-likeness (QED) is 0.639. The first-order valence-corrected chi connectivity index (χ1v) is 6.05. The van der Waals surface area contributed by atoms with Gasteiger partial charge >= 0.3 is 0 Å². The Morgan fingerprint density at radius 3 is 2.56 bits per heavy atom. The van der Waals surface area contributed by atoms with Gasteiger partial charge in [0.25, 0.3) is 0 Å². The van der Waals surface area contributed by atoms with E-state index in [1.54, 1.807) is 6.34 Å². The van der Waals surface area contributed by atoms with Gasteiger partial charge in [-0.15, -0.1) is 0 Å². The van der Waals surface area contributed by atoms with Gasteiger partial charge < -0.3 is 10.3 Å². The normalized spacial score (nSPS) is 11.3. The number of aliphatic imine (C=N–C) groups is 1. The fraction of sp³-hybridized carbons (Fsp3) is 0.286. The molecule has 0 aliphatic carbocycles. The molecule has 4 heteroatoms. The van der Waals surface area contributed by atoms with Crippen molar-refractivity contribution in [1.82, 2.24) is 9.97 Å². The van der Waals surface area contributed by atoms with E-state index in [2.05, 4.69) is 32.4 Å². The lowest BCUT2D eigenvalue weighted by Crippen LogP contribution is -1.98. The van der Waals surface area contributed by atoms with Gasteiger partial charge in [0.05, 0.1) is 18.2 Å². The number of hydrogen-bond acceptors (Lipinski definition) is 2. The molecular weight excluding hydrogens is 224 g/mol. The Morgan fingerprint density at radius 1 is 1.28 bits per heavy atom. The molecule has 1 aromatic carbocycles. The van der Waals surface area contributed by atoms with Gasteiger partial charge in [-0.3, -0.25) is 4.99 Å². The van der Waals surface area contributed by atoms with E-state index in [4.69, 9.17) is 0 Å². The number of nitrogens with zero attached hydrogens (tertiary/aromatic N) is 2. The van der Waals surface area contributed by atoms with Gasteiger partial charge in [0, 0.05) is 11.7 Å². The fourth-order valence-electron chi connectivity index (χ4n) is 1.57. The summed E-state index contributed by atoms with van der Waals surface area (Å²) in [5.74, 6) is 0.927. The summed E-state index contributed by atoms with van der Waals surface area (Å²) in [4.78, 5) is 11.7. The number of benzene rings is 1. The van der Waals surface area contributed by atoms with Crippen LogP contribution >= 0.6 is 0 Å². The maximum atomic E-state index is 4.25. The first-order chi connectivity index (χ1) is 8.65. The molecule has 0 saturated heterocycles. The van der Waals surface area contributed by atoms with E-state index >= 15 is 0 Å². The summed E-state index contributed by atoms with van der Waals surface area (Å²) < 4.78 is 0. The van der Waals surface area contributed by atoms with E-state index in [1.807, 2.05) is 39.1 Å². The van der Waals surface area contributed by atoms with Crippen LogP contribution in [0, 0.1) is 6.92 Å². The molecule has 0 spiro atoms. The van der Waals surface area contributed by atoms with E-state index in [-0.39, 0.29) is 0 Å². The van der Waals surface area contributed by atoms with Gasteiger partial charge in [-0.25, -0.2) is 4.98 Å². The van der Waals surface area contributed by atoms with Crippen LogP contribution in [-0.2, 0) is 0 Å². The zero-order valence-corrected chi connectivity index (χ0v) is 10.9. The minimum absolute atomic E-state index is 0.310. The predicted octanol–water partition coefficient (Wildman–Crippen LogP) is 3.23. The Hall–Kier alpha value is -2.10. The summed E-state index contributed by atoms with van der Waals surface area (Å²) in [6, 6.07) is 8.47. The van der Waals surface area contributed by atoms with Crippen molar-refractivity contribution in [2.75, 3.05) is 5.32 Å². The first kappa shape index (κ1) is 12.4. The Morgan fingerprint density at radius 2 is 2.00 bits per heavy atom. The zero-order valence-electron chi connectivity index (χ0n) is 10.9. The zero-order chi connectivity index (χ0) is 13.0. The van der Waals surface area contributed by atoms with Crippen LogP contribution < -0.4 is 5.32 Å². The number of anilines is 1. The molecule has 4 nitrogen and oxygen atoms in total. The molecule has 2 rings (SSSR count). The van der Waals surface area contributed by atoms with E-state index in [9.17, 15) is 0 Å². The Kier molecular flexibility index (Phi) is 3.77. The van der Waals surface area contributed by atoms with Crippen LogP contribution in [0.5, 0.6) is 0 Å². The second kappa shape index (κ2) is 5.49. The van der Waals surface area contributed by atoms with Gasteiger partial charge in [0.1, 0.15) is 5.82 Å². The number of nitrogens with one attached hydrogen (secondary N) is 2. The maximum Gasteiger partial charge on any atom is 0.103 e. The van der Waals surface area contributed by atoms with Crippen molar-refractivity contribution in [2.24, 2.45) is 4.99 Å². The molecule has 0 atom stereocenters. The predicted molar refractivity (Wildman–Crippen MR) is 76.0 cm³/mol. The highest BCUT2D eigenvalue weighted by molar-refractivity contribution is 5.76. The highest BCUT2D eigenvalue weighted by Crippen LogP contribution is 2.19. The molecule has 0 aliphatic rings. The molecule has 0 radical (unpaired) electrons. The van der Waals surface area contributed by atoms with Gasteiger partial charge in [-0.05, 0) is 38.5 Å². The summed E-state index contributed by atoms with van der Waals surface area (Å²) in [6.45, 7) is 6.03. The van der Waals surface area contributed by atoms with Crippen LogP contribution in [0.2, 0.25) is 0 Å². The SMILES string of the molecule is Cc1ncc(-c2ccc(NC=NC(C)C)cc2)[nH]1. The molecule has 0 bridgehead atoms. The number of aryl methyl sites for hydroxylation is 1. The van der Waals surface area contributed by atoms with E-state index in [1.165, 1.54) is 0 Å². The van der Waals surface area contributed by atoms with Crippen LogP contribution in [0.1, 0.15) is 19.7 Å². The summed E-state index contributed by atoms with van der Waals surface area (Å²) >= 11 is 0. The van der Waals surface area contributed by atoms with Crippen molar-refractivity contribution in [2.45, 2.75) is 26.8 Å². The van der Waals surface area contributed by atoms with Crippen molar-refractivity contribution in [3.63, 3.8) is 0 Å². The second-order valence-electron chi connectivity index (χ2n) is 4.48. The van der Waals surface area contributed by atoms with Crippen molar-refractivity contribution < 1.29 is 0 Å². The highest BCUT2D eigenvalue weighted by atomic mass is 14.9. The smallest absolute Gasteiger partial charge is 0.103 e. The number of H-pyrrole nitrogens is 1. The number of aromatic amines is 1. The molecule has 1 heterocycles. The van der Waals surface area contributed by atoms with Crippen molar-refractivity contribution in [3.8, 4) is 11.3 Å². The molecule has 0 amide bonds. The number of hydrogen-bond donors (Lipinski definition) is 2. The topological polar surface area (TPSA) is 53.1 Å². The third kappa shape index (κ3) is 3.20. The van der Waals surface area contributed by atoms with E-state index < -0.39 is 0 Å². The average molecular weight is 242 g/mol. The number of aromatic nitrogens is 2. The molecule has 1 aromatic heterocycles. The van der Waals surface area contributed by atoms with Crippen LogP contribution in [0.25, 0.3) is 11.3 Å². The largest absolute Gasteiger partial charge is 0.347 e. The summed E-state index contributed by atoms with van der Waals surface area (Å²) in [5, 5.41) is 3.14. The lowest BCUT2D eigenvalue weighted by Gasteiger charge is -2.03. The maximum absolute atomic E-state index is 4.25.